The van der Waals surface area contributed by atoms with E-state index < -0.39 is 0 Å². The molecule has 0 saturated carbocycles. The van der Waals surface area contributed by atoms with E-state index in [1.54, 1.807) is 0 Å². The molecule has 1 aromatic carbocycles. The largest absolute Gasteiger partial charge is 0.303 e. The number of rotatable bonds is 10. The van der Waals surface area contributed by atoms with Crippen LogP contribution in [-0.4, -0.2) is 29.9 Å². The average Bonchev–Trinajstić information content (AvgIpc) is 3.00. The Labute approximate surface area is 139 Å². The van der Waals surface area contributed by atoms with Crippen molar-refractivity contribution in [2.24, 2.45) is 0 Å². The Morgan fingerprint density at radius 3 is 2.29 bits per heavy atom. The quantitative estimate of drug-likeness (QED) is 0.391. The van der Waals surface area contributed by atoms with Crippen molar-refractivity contribution in [2.45, 2.75) is 57.3 Å². The summed E-state index contributed by atoms with van der Waals surface area (Å²) in [5.41, 5.74) is 1.53. The van der Waals surface area contributed by atoms with Crippen LogP contribution in [0.3, 0.4) is 0 Å². The fraction of sp³-hybridized carbons (Fsp3) is 0.684. The molecule has 1 unspecified atom stereocenters. The minimum absolute atomic E-state index is 0.774. The summed E-state index contributed by atoms with van der Waals surface area (Å²) in [6.07, 6.45) is 11.2. The van der Waals surface area contributed by atoms with Crippen molar-refractivity contribution in [3.8, 4) is 0 Å². The molecule has 0 N–H and O–H groups in total. The van der Waals surface area contributed by atoms with Gasteiger partial charge in [-0.3, -0.25) is 0 Å². The Hall–Kier alpha value is -0.340. The number of hydrogen-bond donors (Lipinski definition) is 0. The van der Waals surface area contributed by atoms with Gasteiger partial charge in [0.25, 0.3) is 0 Å². The molecule has 118 valence electrons. The van der Waals surface area contributed by atoms with E-state index >= 15 is 0 Å². The van der Waals surface area contributed by atoms with Gasteiger partial charge in [0.15, 0.2) is 0 Å². The van der Waals surface area contributed by atoms with Crippen molar-refractivity contribution >= 4 is 15.9 Å². The van der Waals surface area contributed by atoms with Crippen LogP contribution in [0.2, 0.25) is 0 Å². The van der Waals surface area contributed by atoms with Gasteiger partial charge in [0.2, 0.25) is 0 Å². The van der Waals surface area contributed by atoms with E-state index in [0.717, 1.165) is 5.92 Å². The van der Waals surface area contributed by atoms with Crippen LogP contribution in [0.1, 0.15) is 62.8 Å². The zero-order chi connectivity index (χ0) is 14.8. The van der Waals surface area contributed by atoms with E-state index in [4.69, 9.17) is 0 Å². The maximum absolute atomic E-state index is 3.50. The number of alkyl halides is 1. The second-order valence-electron chi connectivity index (χ2n) is 6.36. The second kappa shape index (κ2) is 10.4. The van der Waals surface area contributed by atoms with E-state index in [1.807, 2.05) is 0 Å². The summed E-state index contributed by atoms with van der Waals surface area (Å²) < 4.78 is 0. The van der Waals surface area contributed by atoms with Crippen molar-refractivity contribution in [2.75, 3.05) is 25.0 Å². The normalized spacial score (nSPS) is 19.2. The van der Waals surface area contributed by atoms with Crippen molar-refractivity contribution in [3.05, 3.63) is 35.9 Å². The van der Waals surface area contributed by atoms with Crippen LogP contribution in [-0.2, 0) is 0 Å². The second-order valence-corrected chi connectivity index (χ2v) is 7.15. The van der Waals surface area contributed by atoms with Crippen LogP contribution in [0, 0.1) is 0 Å². The van der Waals surface area contributed by atoms with E-state index in [-0.39, 0.29) is 0 Å². The molecule has 0 bridgehead atoms. The molecule has 0 radical (unpaired) electrons. The molecule has 1 nitrogen and oxygen atoms in total. The summed E-state index contributed by atoms with van der Waals surface area (Å²) in [5.74, 6) is 0.774. The van der Waals surface area contributed by atoms with Gasteiger partial charge in [-0.15, -0.1) is 0 Å². The third-order valence-corrected chi connectivity index (χ3v) is 5.21. The maximum Gasteiger partial charge on any atom is 0.00507 e. The Kier molecular flexibility index (Phi) is 8.43. The van der Waals surface area contributed by atoms with E-state index in [2.05, 4.69) is 51.2 Å². The van der Waals surface area contributed by atoms with Crippen molar-refractivity contribution in [3.63, 3.8) is 0 Å². The molecule has 1 aromatic rings. The molecule has 0 aromatic heterocycles. The van der Waals surface area contributed by atoms with Gasteiger partial charge in [-0.2, -0.15) is 0 Å². The highest BCUT2D eigenvalue weighted by Gasteiger charge is 2.22. The van der Waals surface area contributed by atoms with Crippen LogP contribution in [0.15, 0.2) is 30.3 Å². The first-order valence-electron chi connectivity index (χ1n) is 8.73. The smallest absolute Gasteiger partial charge is 0.00507 e. The SMILES string of the molecule is BrCCCCCCCCCN1CCC(c2ccccc2)C1. The van der Waals surface area contributed by atoms with E-state index in [0.29, 0.717) is 0 Å². The molecule has 2 heteroatoms. The number of benzene rings is 1. The van der Waals surface area contributed by atoms with E-state index in [1.165, 1.54) is 81.9 Å². The van der Waals surface area contributed by atoms with Crippen LogP contribution in [0.4, 0.5) is 0 Å². The molecule has 0 aliphatic carbocycles. The first kappa shape index (κ1) is 17.0. The van der Waals surface area contributed by atoms with Crippen molar-refractivity contribution < 1.29 is 0 Å². The van der Waals surface area contributed by atoms with Crippen LogP contribution < -0.4 is 0 Å². The Morgan fingerprint density at radius 1 is 0.905 bits per heavy atom. The lowest BCUT2D eigenvalue weighted by atomic mass is 9.99. The molecule has 1 heterocycles. The van der Waals surface area contributed by atoms with E-state index in [9.17, 15) is 0 Å². The molecule has 0 spiro atoms. The summed E-state index contributed by atoms with van der Waals surface area (Å²) in [7, 11) is 0. The molecule has 1 aliphatic rings. The van der Waals surface area contributed by atoms with Gasteiger partial charge in [0.1, 0.15) is 0 Å². The molecule has 0 amide bonds. The Balaban J connectivity index is 1.51. The lowest BCUT2D eigenvalue weighted by Gasteiger charge is -2.16. The van der Waals surface area contributed by atoms with Gasteiger partial charge in [-0.1, -0.05) is 78.4 Å². The molecule has 1 aliphatic heterocycles. The van der Waals surface area contributed by atoms with Gasteiger partial charge in [-0.25, -0.2) is 0 Å². The minimum Gasteiger partial charge on any atom is -0.303 e. The first-order chi connectivity index (χ1) is 10.4. The van der Waals surface area contributed by atoms with Gasteiger partial charge < -0.3 is 4.90 Å². The molecular formula is C19H30BrN. The number of nitrogens with zero attached hydrogens (tertiary/aromatic N) is 1. The van der Waals surface area contributed by atoms with Gasteiger partial charge in [0, 0.05) is 11.9 Å². The summed E-state index contributed by atoms with van der Waals surface area (Å²) in [6, 6.07) is 11.1. The highest BCUT2D eigenvalue weighted by molar-refractivity contribution is 9.09. The molecule has 1 saturated heterocycles. The molecule has 1 fully saturated rings. The Bertz CT molecular complexity index is 365. The number of unbranched alkanes of at least 4 members (excludes halogenated alkanes) is 6. The number of likely N-dealkylation sites (tertiary alicyclic amines) is 1. The van der Waals surface area contributed by atoms with Gasteiger partial charge in [-0.05, 0) is 43.8 Å². The molecule has 2 rings (SSSR count). The van der Waals surface area contributed by atoms with Crippen molar-refractivity contribution in [1.82, 2.24) is 4.90 Å². The highest BCUT2D eigenvalue weighted by Crippen LogP contribution is 2.27. The first-order valence-corrected chi connectivity index (χ1v) is 9.85. The van der Waals surface area contributed by atoms with Crippen molar-refractivity contribution in [1.29, 1.82) is 0 Å². The van der Waals surface area contributed by atoms with Crippen LogP contribution in [0.5, 0.6) is 0 Å². The monoisotopic (exact) mass is 351 g/mol. The highest BCUT2D eigenvalue weighted by atomic mass is 79.9. The van der Waals surface area contributed by atoms with Gasteiger partial charge >= 0.3 is 0 Å². The summed E-state index contributed by atoms with van der Waals surface area (Å²) in [4.78, 5) is 2.67. The lowest BCUT2D eigenvalue weighted by Crippen LogP contribution is -2.21. The Morgan fingerprint density at radius 2 is 1.57 bits per heavy atom. The fourth-order valence-corrected chi connectivity index (χ4v) is 3.74. The molecular weight excluding hydrogens is 322 g/mol. The van der Waals surface area contributed by atoms with Crippen LogP contribution in [0.25, 0.3) is 0 Å². The van der Waals surface area contributed by atoms with Gasteiger partial charge in [0.05, 0.1) is 0 Å². The third-order valence-electron chi connectivity index (χ3n) is 4.65. The molecule has 1 atom stereocenters. The predicted molar refractivity (Wildman–Crippen MR) is 96.4 cm³/mol. The lowest BCUT2D eigenvalue weighted by molar-refractivity contribution is 0.323. The predicted octanol–water partition coefficient (Wildman–Crippen LogP) is 5.60. The summed E-state index contributed by atoms with van der Waals surface area (Å²) in [6.45, 7) is 3.88. The number of halogens is 1. The topological polar surface area (TPSA) is 3.24 Å². The number of hydrogen-bond acceptors (Lipinski definition) is 1. The minimum atomic E-state index is 0.774. The summed E-state index contributed by atoms with van der Waals surface area (Å²) >= 11 is 3.50. The van der Waals surface area contributed by atoms with Crippen LogP contribution >= 0.6 is 15.9 Å². The average molecular weight is 352 g/mol. The molecule has 21 heavy (non-hydrogen) atoms. The standard InChI is InChI=1S/C19H30BrN/c20-14-9-4-2-1-3-5-10-15-21-16-13-19(17-21)18-11-7-6-8-12-18/h6-8,11-12,19H,1-5,9-10,13-17H2. The third kappa shape index (κ3) is 6.52. The zero-order valence-corrected chi connectivity index (χ0v) is 14.9. The maximum atomic E-state index is 3.50. The zero-order valence-electron chi connectivity index (χ0n) is 13.3. The fourth-order valence-electron chi connectivity index (χ4n) is 3.35. The summed E-state index contributed by atoms with van der Waals surface area (Å²) in [5, 5.41) is 1.17.